The average molecular weight is 1900 g/mol. The number of unbranched alkanes of at least 4 members (excludes halogenated alkanes) is 3. The minimum atomic E-state index is -0.645. The maximum atomic E-state index is 13.4. The summed E-state index contributed by atoms with van der Waals surface area (Å²) < 4.78 is 12.5. The predicted molar refractivity (Wildman–Crippen MR) is 506 cm³/mol. The monoisotopic (exact) mass is 1890 g/mol. The third kappa shape index (κ3) is 28.9. The molecule has 20 bridgehead atoms. The molecule has 20 fully saturated rings. The Labute approximate surface area is 771 Å². The summed E-state index contributed by atoms with van der Waals surface area (Å²) in [5.41, 5.74) is 4.51. The van der Waals surface area contributed by atoms with Crippen LogP contribution < -0.4 is 5.32 Å². The SMILES string of the molecule is CCC(=O)N(C)[C@@H](C)[C@@H](O)c1ccccc1.C[C@@H]([C@@H](O)c1ccccc1)N(C)C(=O)[C@H](C)C12CC3CC(CC(C3)C1)C2.C[C@H](CCC12CC3CC(CC(C3)C1)C2)C(=O)NCCOCCOCCCCCCCl.C[C@H](CCC12CC3CC(CC(C3)C1)C2)C(=O)O.ClCCl.ClCCl.ICCC12CC3CC(CC(C3)C1)C2.OCCC12CC3CC(CC(C3)C1)C2. The Bertz CT molecular complexity index is 3170. The summed E-state index contributed by atoms with van der Waals surface area (Å²) in [6, 6.07) is 18.7. The molecule has 0 aromatic heterocycles. The van der Waals surface area contributed by atoms with E-state index in [0.717, 1.165) is 150 Å². The van der Waals surface area contributed by atoms with E-state index in [0.29, 0.717) is 55.6 Å². The number of carbonyl (C=O) groups is 4. The molecule has 20 aliphatic rings. The summed E-state index contributed by atoms with van der Waals surface area (Å²) in [5.74, 6) is 15.7. The van der Waals surface area contributed by atoms with Gasteiger partial charge >= 0.3 is 5.97 Å². The number of aliphatic hydroxyl groups is 3. The van der Waals surface area contributed by atoms with Crippen LogP contribution in [0.3, 0.4) is 0 Å². The van der Waals surface area contributed by atoms with E-state index in [1.54, 1.807) is 55.4 Å². The van der Waals surface area contributed by atoms with Gasteiger partial charge in [0.2, 0.25) is 17.7 Å². The zero-order chi connectivity index (χ0) is 87.1. The Morgan fingerprint density at radius 3 is 1.09 bits per heavy atom. The van der Waals surface area contributed by atoms with Crippen molar-refractivity contribution in [3.8, 4) is 0 Å². The van der Waals surface area contributed by atoms with E-state index >= 15 is 0 Å². The van der Waals surface area contributed by atoms with Crippen LogP contribution in [0.1, 0.15) is 328 Å². The zero-order valence-corrected chi connectivity index (χ0v) is 81.9. The molecule has 20 aliphatic carbocycles. The lowest BCUT2D eigenvalue weighted by Gasteiger charge is -2.59. The first-order valence-electron chi connectivity index (χ1n) is 48.7. The summed E-state index contributed by atoms with van der Waals surface area (Å²) in [5, 5.41) is 42.4. The highest BCUT2D eigenvalue weighted by atomic mass is 127. The van der Waals surface area contributed by atoms with Gasteiger partial charge in [0.15, 0.2) is 0 Å². The van der Waals surface area contributed by atoms with E-state index in [1.807, 2.05) is 95.4 Å². The number of rotatable bonds is 33. The fourth-order valence-electron chi connectivity index (χ4n) is 29.8. The van der Waals surface area contributed by atoms with Gasteiger partial charge in [0, 0.05) is 62.4 Å². The van der Waals surface area contributed by atoms with Gasteiger partial charge in [-0.05, 0) is 385 Å². The molecule has 0 saturated heterocycles. The van der Waals surface area contributed by atoms with Gasteiger partial charge in [-0.15, -0.1) is 58.0 Å². The van der Waals surface area contributed by atoms with Crippen LogP contribution in [0.4, 0.5) is 0 Å². The van der Waals surface area contributed by atoms with E-state index in [-0.39, 0.29) is 63.7 Å². The maximum absolute atomic E-state index is 13.4. The van der Waals surface area contributed by atoms with Crippen LogP contribution in [0, 0.1) is 134 Å². The van der Waals surface area contributed by atoms with Gasteiger partial charge in [0.25, 0.3) is 0 Å². The fraction of sp³-hybridized carbons (Fsp3) is 0.843. The van der Waals surface area contributed by atoms with Crippen LogP contribution in [-0.2, 0) is 28.7 Å². The van der Waals surface area contributed by atoms with Gasteiger partial charge in [-0.3, -0.25) is 19.2 Å². The Hall–Kier alpha value is -1.70. The third-order valence-corrected chi connectivity index (χ3v) is 34.7. The van der Waals surface area contributed by atoms with Gasteiger partial charge in [0.05, 0.1) is 60.7 Å². The molecule has 688 valence electrons. The van der Waals surface area contributed by atoms with Crippen molar-refractivity contribution in [2.45, 2.75) is 329 Å². The molecule has 0 aliphatic heterocycles. The topological polar surface area (TPSA) is 186 Å². The lowest BCUT2D eigenvalue weighted by molar-refractivity contribution is -0.152. The Balaban J connectivity index is 0.000000154. The minimum Gasteiger partial charge on any atom is -0.481 e. The van der Waals surface area contributed by atoms with Crippen molar-refractivity contribution in [3.05, 3.63) is 71.8 Å². The number of carboxylic acid groups (broad SMARTS) is 1. The van der Waals surface area contributed by atoms with E-state index in [4.69, 9.17) is 77.7 Å². The number of halogens is 6. The molecule has 19 heteroatoms. The van der Waals surface area contributed by atoms with E-state index in [1.165, 1.54) is 191 Å². The van der Waals surface area contributed by atoms with Crippen molar-refractivity contribution in [1.82, 2.24) is 15.1 Å². The van der Waals surface area contributed by atoms with Crippen molar-refractivity contribution in [3.63, 3.8) is 0 Å². The summed E-state index contributed by atoms with van der Waals surface area (Å²) in [6.07, 6.45) is 54.6. The van der Waals surface area contributed by atoms with Crippen LogP contribution in [0.25, 0.3) is 0 Å². The van der Waals surface area contributed by atoms with Crippen LogP contribution >= 0.6 is 80.6 Å². The molecule has 13 nitrogen and oxygen atoms in total. The van der Waals surface area contributed by atoms with Gasteiger partial charge in [0.1, 0.15) is 0 Å². The number of nitrogens with one attached hydrogen (secondary N) is 1. The molecule has 0 unspecified atom stereocenters. The van der Waals surface area contributed by atoms with Gasteiger partial charge in [-0.2, -0.15) is 0 Å². The first-order valence-corrected chi connectivity index (χ1v) is 52.9. The second-order valence-electron chi connectivity index (χ2n) is 43.1. The summed E-state index contributed by atoms with van der Waals surface area (Å²) in [7, 11) is 3.60. The number of aliphatic hydroxyl groups excluding tert-OH is 3. The minimum absolute atomic E-state index is 0.0440. The first kappa shape index (κ1) is 101. The smallest absolute Gasteiger partial charge is 0.306 e. The maximum Gasteiger partial charge on any atom is 0.306 e. The quantitative estimate of drug-likeness (QED) is 0.0262. The van der Waals surface area contributed by atoms with Crippen molar-refractivity contribution in [2.24, 2.45) is 134 Å². The van der Waals surface area contributed by atoms with E-state index in [2.05, 4.69) is 41.8 Å². The Morgan fingerprint density at radius 1 is 0.446 bits per heavy atom. The molecule has 0 radical (unpaired) electrons. The lowest BCUT2D eigenvalue weighted by atomic mass is 9.46. The number of amides is 3. The number of alkyl halides is 6. The standard InChI is InChI=1S/C25H44ClNO3.C23H33NO2.C15H24O2.C13H19NO2.C12H19I.C12H20O.2CH2Cl2/c1-20(6-7-25-17-21-14-22(18-25)16-23(15-21)19-25)24(28)27-9-11-30-13-12-29-10-5-3-2-4-8-26;1-15(23-12-17-9-18(13-23)11-19(10-17)14-23)22(26)24(3)16(2)21(25)20-7-5-4-6-8-20;1-10(14(16)17)2-3-15-7-11-4-12(8-15)6-13(5-11)9-15;1-4-12(15)14(3)10(2)13(16)11-8-6-5-7-9-11;2*13-2-1-12-6-9-3-10(7-12)5-11(4-9)8-12;2*2-1-3/h20-23H,2-19H2,1H3,(H,27,28);4-8,15-19,21,25H,9-14H2,1-3H3;10-13H,2-9H2,1H3,(H,16,17);5-10,13,16H,4H2,1-3H3;9-11H,1-8H2;9-11,13H,1-8H2;2*1H2/t20-,21?,22?,23?,25?;15-,16-,17?,18?,19?,21+,23?;10-,11?,12?,13?,15?;10-,13+;;;;/m1010..../s1. The van der Waals surface area contributed by atoms with Gasteiger partial charge in [-0.1, -0.05) is 124 Å². The number of likely N-dealkylation sites (N-methyl/N-ethyl adjacent to an activating group) is 2. The first-order chi connectivity index (χ1) is 58.0. The molecule has 3 amide bonds. The van der Waals surface area contributed by atoms with Gasteiger partial charge in [-0.25, -0.2) is 0 Å². The second kappa shape index (κ2) is 49.0. The molecule has 5 N–H and O–H groups in total. The second-order valence-corrected chi connectivity index (χ2v) is 46.2. The molecule has 0 spiro atoms. The van der Waals surface area contributed by atoms with Crippen LogP contribution in [0.2, 0.25) is 0 Å². The Kier molecular flexibility index (Phi) is 41.1. The van der Waals surface area contributed by atoms with Crippen molar-refractivity contribution >= 4 is 104 Å². The highest BCUT2D eigenvalue weighted by molar-refractivity contribution is 14.1. The normalized spacial score (nSPS) is 35.1. The molecule has 20 saturated carbocycles. The van der Waals surface area contributed by atoms with Crippen LogP contribution in [-0.4, -0.2) is 141 Å². The van der Waals surface area contributed by atoms with Crippen molar-refractivity contribution < 1.29 is 49.1 Å². The van der Waals surface area contributed by atoms with Crippen molar-refractivity contribution in [1.29, 1.82) is 0 Å². The highest BCUT2D eigenvalue weighted by Crippen LogP contribution is 2.67. The number of carbonyl (C=O) groups excluding carboxylic acids is 3. The molecule has 0 heterocycles. The average Bonchev–Trinajstić information content (AvgIpc) is 0.731. The van der Waals surface area contributed by atoms with Crippen LogP contribution in [0.15, 0.2) is 60.7 Å². The molecular weight excluding hydrogens is 1730 g/mol. The number of aliphatic carboxylic acids is 1. The number of ether oxygens (including phenoxy) is 2. The molecule has 121 heavy (non-hydrogen) atoms. The Morgan fingerprint density at radius 2 is 0.760 bits per heavy atom. The van der Waals surface area contributed by atoms with E-state index in [9.17, 15) is 29.4 Å². The molecule has 7 atom stereocenters. The fourth-order valence-corrected chi connectivity index (χ4v) is 31.1. The van der Waals surface area contributed by atoms with E-state index < -0.39 is 18.2 Å². The molecule has 2 aromatic carbocycles. The largest absolute Gasteiger partial charge is 0.481 e. The third-order valence-electron chi connectivity index (χ3n) is 33.9. The number of hydrogen-bond donors (Lipinski definition) is 5. The molecule has 2 aromatic rings. The predicted octanol–water partition coefficient (Wildman–Crippen LogP) is 25.1. The number of carboxylic acids is 1. The summed E-state index contributed by atoms with van der Waals surface area (Å²) >= 11 is 27.3. The molecular formula is C102H163Cl5IN3O10. The number of hydrogen-bond acceptors (Lipinski definition) is 9. The number of nitrogens with zero attached hydrogens (tertiary/aromatic N) is 2. The zero-order valence-electron chi connectivity index (χ0n) is 75.9. The lowest BCUT2D eigenvalue weighted by Crippen LogP contribution is -2.53. The highest BCUT2D eigenvalue weighted by Gasteiger charge is 2.57. The summed E-state index contributed by atoms with van der Waals surface area (Å²) in [4.78, 5) is 51.6. The summed E-state index contributed by atoms with van der Waals surface area (Å²) in [6.45, 7) is 15.4. The number of benzene rings is 2. The van der Waals surface area contributed by atoms with Crippen LogP contribution in [0.5, 0.6) is 0 Å². The molecule has 22 rings (SSSR count). The van der Waals surface area contributed by atoms with Gasteiger partial charge < -0.3 is 45.0 Å². The van der Waals surface area contributed by atoms with Crippen molar-refractivity contribution in [2.75, 3.05) is 74.7 Å².